The quantitative estimate of drug-likeness (QED) is 0.0668. The van der Waals surface area contributed by atoms with Gasteiger partial charge in [0.2, 0.25) is 0 Å². The summed E-state index contributed by atoms with van der Waals surface area (Å²) < 4.78 is 35.3. The zero-order valence-electron chi connectivity index (χ0n) is 48.7. The average molecular weight is 1010 g/mol. The van der Waals surface area contributed by atoms with Crippen LogP contribution in [-0.4, -0.2) is 8.74 Å². The molecule has 0 aliphatic heterocycles. The second-order valence-corrected chi connectivity index (χ2v) is 28.3. The molecule has 0 N–H and O–H groups in total. The van der Waals surface area contributed by atoms with Crippen molar-refractivity contribution in [3.05, 3.63) is 177 Å². The monoisotopic (exact) mass is 1010 g/mol. The van der Waals surface area contributed by atoms with Gasteiger partial charge in [0.15, 0.2) is 0 Å². The van der Waals surface area contributed by atoms with Crippen LogP contribution in [0.5, 0.6) is 0 Å². The zero-order valence-corrected chi connectivity index (χ0v) is 49.7. The standard InChI is InChI=1S/C71H88F2Si/c1-42(2)56-25-20-26-57(43(3)4)67(56)52-35-50(36-53(39-52)68-58(44(5)6)27-21-28-59(68)45(7)8)64-33-24-34-65(66(64)41-74(72,73)71(17,18)19)51-37-54(69-60(46(9)10)29-22-30-61(69)47(11)12)40-55(38-51)70-62(48(13)14)31-23-32-63(70)49(15)16/h20-40,42-49H,41H2,1-19H3. The van der Waals surface area contributed by atoms with E-state index in [0.29, 0.717) is 0 Å². The molecule has 0 aliphatic rings. The summed E-state index contributed by atoms with van der Waals surface area (Å²) in [6, 6.07) is 47.5. The number of rotatable bonds is 16. The predicted molar refractivity (Wildman–Crippen MR) is 323 cm³/mol. The number of hydrogen-bond acceptors (Lipinski definition) is 0. The van der Waals surface area contributed by atoms with E-state index in [-0.39, 0.29) is 53.4 Å². The van der Waals surface area contributed by atoms with Crippen molar-refractivity contribution in [2.45, 2.75) is 190 Å². The molecule has 74 heavy (non-hydrogen) atoms. The lowest BCUT2D eigenvalue weighted by Crippen LogP contribution is -2.38. The van der Waals surface area contributed by atoms with Crippen LogP contribution in [0.15, 0.2) is 127 Å². The Morgan fingerprint density at radius 1 is 0.311 bits per heavy atom. The molecule has 0 atom stereocenters. The van der Waals surface area contributed by atoms with Crippen molar-refractivity contribution >= 4 is 8.74 Å². The van der Waals surface area contributed by atoms with Gasteiger partial charge in [-0.1, -0.05) is 223 Å². The molecule has 390 valence electrons. The molecule has 0 amide bonds. The van der Waals surface area contributed by atoms with E-state index in [2.05, 4.69) is 238 Å². The molecule has 3 heteroatoms. The Kier molecular flexibility index (Phi) is 17.1. The van der Waals surface area contributed by atoms with Crippen molar-refractivity contribution in [1.29, 1.82) is 0 Å². The van der Waals surface area contributed by atoms with Crippen LogP contribution in [-0.2, 0) is 6.04 Å². The maximum Gasteiger partial charge on any atom is 0.434 e. The normalized spacial score (nSPS) is 12.6. The lowest BCUT2D eigenvalue weighted by molar-refractivity contribution is 0.491. The minimum absolute atomic E-state index is 0.274. The largest absolute Gasteiger partial charge is 0.434 e. The fraction of sp³-hybridized carbons (Fsp3) is 0.408. The minimum Gasteiger partial charge on any atom is -0.270 e. The highest BCUT2D eigenvalue weighted by Crippen LogP contribution is 2.50. The summed E-state index contributed by atoms with van der Waals surface area (Å²) in [6.45, 7) is 41.8. The number of halogens is 2. The third kappa shape index (κ3) is 11.4. The van der Waals surface area contributed by atoms with Crippen LogP contribution in [0.2, 0.25) is 5.04 Å². The molecule has 0 bridgehead atoms. The van der Waals surface area contributed by atoms with E-state index in [1.807, 2.05) is 0 Å². The Morgan fingerprint density at radius 3 is 0.689 bits per heavy atom. The van der Waals surface area contributed by atoms with Gasteiger partial charge in [-0.15, -0.1) is 0 Å². The molecule has 0 saturated heterocycles. The fourth-order valence-corrected chi connectivity index (χ4v) is 12.8. The highest BCUT2D eigenvalue weighted by molar-refractivity contribution is 6.68. The number of hydrogen-bond donors (Lipinski definition) is 0. The molecule has 0 saturated carbocycles. The van der Waals surface area contributed by atoms with Crippen LogP contribution in [0, 0.1) is 0 Å². The van der Waals surface area contributed by atoms with E-state index >= 15 is 8.22 Å². The Morgan fingerprint density at radius 2 is 0.500 bits per heavy atom. The van der Waals surface area contributed by atoms with Gasteiger partial charge in [0.1, 0.15) is 0 Å². The lowest BCUT2D eigenvalue weighted by Gasteiger charge is -2.30. The molecule has 0 nitrogen and oxygen atoms in total. The maximum atomic E-state index is 17.7. The third-order valence-electron chi connectivity index (χ3n) is 15.8. The molecule has 0 aliphatic carbocycles. The van der Waals surface area contributed by atoms with E-state index < -0.39 is 13.8 Å². The van der Waals surface area contributed by atoms with Crippen molar-refractivity contribution in [3.63, 3.8) is 0 Å². The molecular formula is C71H88F2Si. The zero-order chi connectivity index (χ0) is 54.3. The SMILES string of the molecule is CC(C)c1cccc(C(C)C)c1-c1cc(-c2cccc(-c3cc(-c4c(C(C)C)cccc4C(C)C)cc(-c4c(C(C)C)cccc4C(C)C)c3)c2C[Si](F)(F)C(C)(C)C)cc(-c2c(C(C)C)cccc2C(C)C)c1. The molecule has 7 aromatic rings. The summed E-state index contributed by atoms with van der Waals surface area (Å²) >= 11 is 0. The molecule has 0 radical (unpaired) electrons. The Balaban J connectivity index is 1.69. The predicted octanol–water partition coefficient (Wildman–Crippen LogP) is 22.9. The first-order valence-corrected chi connectivity index (χ1v) is 30.0. The van der Waals surface area contributed by atoms with Crippen molar-refractivity contribution in [2.75, 3.05) is 0 Å². The van der Waals surface area contributed by atoms with Gasteiger partial charge in [0.25, 0.3) is 0 Å². The van der Waals surface area contributed by atoms with Gasteiger partial charge >= 0.3 is 8.74 Å². The maximum absolute atomic E-state index is 17.7. The minimum atomic E-state index is -4.98. The van der Waals surface area contributed by atoms with Crippen molar-refractivity contribution in [3.8, 4) is 66.8 Å². The third-order valence-corrected chi connectivity index (χ3v) is 18.8. The van der Waals surface area contributed by atoms with E-state index in [4.69, 9.17) is 0 Å². The second kappa shape index (κ2) is 22.4. The Hall–Kier alpha value is -5.38. The smallest absolute Gasteiger partial charge is 0.270 e. The molecule has 0 unspecified atom stereocenters. The molecule has 0 fully saturated rings. The van der Waals surface area contributed by atoms with Crippen LogP contribution in [0.3, 0.4) is 0 Å². The summed E-state index contributed by atoms with van der Waals surface area (Å²) in [4.78, 5) is 0. The second-order valence-electron chi connectivity index (χ2n) is 25.0. The van der Waals surface area contributed by atoms with Gasteiger partial charge in [0.05, 0.1) is 0 Å². The molecular weight excluding hydrogens is 919 g/mol. The van der Waals surface area contributed by atoms with Gasteiger partial charge in [-0.05, 0) is 201 Å². The summed E-state index contributed by atoms with van der Waals surface area (Å²) in [5.74, 6) is 2.19. The molecule has 7 rings (SSSR count). The van der Waals surface area contributed by atoms with Gasteiger partial charge in [-0.2, -0.15) is 0 Å². The molecule has 0 heterocycles. The lowest BCUT2D eigenvalue weighted by atomic mass is 9.79. The summed E-state index contributed by atoms with van der Waals surface area (Å²) in [6.07, 6.45) is 0. The first-order chi connectivity index (χ1) is 34.7. The van der Waals surface area contributed by atoms with Crippen molar-refractivity contribution < 1.29 is 8.22 Å². The fourth-order valence-electron chi connectivity index (χ4n) is 11.5. The summed E-state index contributed by atoms with van der Waals surface area (Å²) in [5, 5.41) is -1.16. The number of benzene rings is 7. The first kappa shape index (κ1) is 56.3. The highest BCUT2D eigenvalue weighted by atomic mass is 28.4. The Bertz CT molecular complexity index is 2650. The topological polar surface area (TPSA) is 0 Å². The van der Waals surface area contributed by atoms with E-state index in [1.54, 1.807) is 20.8 Å². The van der Waals surface area contributed by atoms with E-state index in [1.165, 1.54) is 66.8 Å². The average Bonchev–Trinajstić information content (AvgIpc) is 3.34. The van der Waals surface area contributed by atoms with Crippen LogP contribution in [0.4, 0.5) is 8.22 Å². The van der Waals surface area contributed by atoms with Gasteiger partial charge in [-0.3, -0.25) is 8.22 Å². The summed E-state index contributed by atoms with van der Waals surface area (Å²) in [7, 11) is -4.98. The van der Waals surface area contributed by atoms with Crippen LogP contribution < -0.4 is 0 Å². The van der Waals surface area contributed by atoms with Crippen LogP contribution in [0.1, 0.15) is 229 Å². The molecule has 0 spiro atoms. The Labute approximate surface area is 448 Å². The van der Waals surface area contributed by atoms with Crippen molar-refractivity contribution in [1.82, 2.24) is 0 Å². The molecule has 0 aromatic heterocycles. The van der Waals surface area contributed by atoms with Crippen molar-refractivity contribution in [2.24, 2.45) is 0 Å². The van der Waals surface area contributed by atoms with Gasteiger partial charge < -0.3 is 0 Å². The van der Waals surface area contributed by atoms with Gasteiger partial charge in [-0.25, -0.2) is 0 Å². The van der Waals surface area contributed by atoms with Crippen LogP contribution >= 0.6 is 0 Å². The van der Waals surface area contributed by atoms with Crippen LogP contribution in [0.25, 0.3) is 66.8 Å². The van der Waals surface area contributed by atoms with E-state index in [0.717, 1.165) is 50.1 Å². The van der Waals surface area contributed by atoms with E-state index in [9.17, 15) is 0 Å². The van der Waals surface area contributed by atoms with Gasteiger partial charge in [0, 0.05) is 11.1 Å². The first-order valence-electron chi connectivity index (χ1n) is 28.1. The highest BCUT2D eigenvalue weighted by Gasteiger charge is 2.49. The molecule has 7 aromatic carbocycles. The summed E-state index contributed by atoms with van der Waals surface area (Å²) in [5.41, 5.74) is 24.4.